The smallest absolute Gasteiger partial charge is 0.273 e. The molecule has 0 bridgehead atoms. The number of rotatable bonds is 6. The first-order valence-corrected chi connectivity index (χ1v) is 9.17. The molecule has 8 nitrogen and oxygen atoms in total. The average Bonchev–Trinajstić information content (AvgIpc) is 3.37. The second-order valence-corrected chi connectivity index (χ2v) is 6.73. The van der Waals surface area contributed by atoms with Crippen molar-refractivity contribution in [3.05, 3.63) is 54.2 Å². The highest BCUT2D eigenvalue weighted by Gasteiger charge is 2.16. The molecule has 0 radical (unpaired) electrons. The first-order valence-electron chi connectivity index (χ1n) is 9.17. The third kappa shape index (κ3) is 4.40. The van der Waals surface area contributed by atoms with Gasteiger partial charge in [-0.25, -0.2) is 4.98 Å². The van der Waals surface area contributed by atoms with Gasteiger partial charge in [0.05, 0.1) is 18.4 Å². The number of nitrogens with one attached hydrogen (secondary N) is 2. The molecule has 1 aliphatic heterocycles. The minimum absolute atomic E-state index is 0.271. The molecule has 2 aromatic heterocycles. The largest absolute Gasteiger partial charge is 0.444 e. The predicted molar refractivity (Wildman–Crippen MR) is 98.7 cm³/mol. The first kappa shape index (κ1) is 17.4. The fraction of sp³-hybridized carbons (Fsp3) is 0.368. The Kier molecular flexibility index (Phi) is 5.24. The highest BCUT2D eigenvalue weighted by Crippen LogP contribution is 2.17. The third-order valence-electron chi connectivity index (χ3n) is 4.62. The van der Waals surface area contributed by atoms with Crippen molar-refractivity contribution < 1.29 is 9.21 Å². The lowest BCUT2D eigenvalue weighted by molar-refractivity contribution is 0.0945. The Balaban J connectivity index is 1.31. The highest BCUT2D eigenvalue weighted by molar-refractivity contribution is 5.91. The van der Waals surface area contributed by atoms with E-state index in [1.54, 1.807) is 17.1 Å². The van der Waals surface area contributed by atoms with E-state index in [1.807, 2.05) is 30.3 Å². The first-order chi connectivity index (χ1) is 13.3. The fourth-order valence-electron chi connectivity index (χ4n) is 3.20. The lowest BCUT2D eigenvalue weighted by Gasteiger charge is -2.22. The van der Waals surface area contributed by atoms with Crippen molar-refractivity contribution in [2.75, 3.05) is 13.1 Å². The second kappa shape index (κ2) is 8.13. The van der Waals surface area contributed by atoms with Crippen molar-refractivity contribution in [1.29, 1.82) is 0 Å². The molecule has 1 fully saturated rings. The summed E-state index contributed by atoms with van der Waals surface area (Å²) in [5.41, 5.74) is 1.86. The Labute approximate surface area is 157 Å². The van der Waals surface area contributed by atoms with Gasteiger partial charge < -0.3 is 15.1 Å². The third-order valence-corrected chi connectivity index (χ3v) is 4.62. The molecule has 8 heteroatoms. The normalized spacial score (nSPS) is 17.0. The van der Waals surface area contributed by atoms with Crippen LogP contribution in [0.15, 0.2) is 47.2 Å². The molecule has 1 aliphatic rings. The summed E-state index contributed by atoms with van der Waals surface area (Å²) in [6, 6.07) is 9.63. The van der Waals surface area contributed by atoms with E-state index in [1.165, 1.54) is 12.8 Å². The van der Waals surface area contributed by atoms with Gasteiger partial charge in [0.25, 0.3) is 5.91 Å². The van der Waals surface area contributed by atoms with Crippen LogP contribution in [0.3, 0.4) is 0 Å². The van der Waals surface area contributed by atoms with Gasteiger partial charge in [0.15, 0.2) is 5.69 Å². The van der Waals surface area contributed by atoms with Crippen LogP contribution in [0, 0.1) is 5.92 Å². The Morgan fingerprint density at radius 3 is 3.04 bits per heavy atom. The molecule has 140 valence electrons. The quantitative estimate of drug-likeness (QED) is 0.691. The summed E-state index contributed by atoms with van der Waals surface area (Å²) < 4.78 is 7.22. The molecule has 27 heavy (non-hydrogen) atoms. The summed E-state index contributed by atoms with van der Waals surface area (Å²) in [5.74, 6) is 0.794. The predicted octanol–water partition coefficient (Wildman–Crippen LogP) is 1.86. The average molecular weight is 366 g/mol. The summed E-state index contributed by atoms with van der Waals surface area (Å²) in [5, 5.41) is 14.2. The van der Waals surface area contributed by atoms with Crippen molar-refractivity contribution in [3.8, 4) is 11.5 Å². The zero-order valence-corrected chi connectivity index (χ0v) is 15.0. The van der Waals surface area contributed by atoms with Crippen LogP contribution in [0.2, 0.25) is 0 Å². The second-order valence-electron chi connectivity index (χ2n) is 6.73. The number of piperidine rings is 1. The van der Waals surface area contributed by atoms with E-state index in [0.717, 1.165) is 25.2 Å². The van der Waals surface area contributed by atoms with Crippen molar-refractivity contribution >= 4 is 5.91 Å². The summed E-state index contributed by atoms with van der Waals surface area (Å²) in [6.45, 7) is 3.11. The molecule has 3 heterocycles. The number of aromatic nitrogens is 4. The van der Waals surface area contributed by atoms with Crippen molar-refractivity contribution in [2.45, 2.75) is 25.9 Å². The molecular weight excluding hydrogens is 344 g/mol. The van der Waals surface area contributed by atoms with Crippen LogP contribution in [0.25, 0.3) is 11.5 Å². The maximum absolute atomic E-state index is 12.3. The minimum atomic E-state index is -0.271. The van der Waals surface area contributed by atoms with Gasteiger partial charge >= 0.3 is 0 Å². The molecule has 1 unspecified atom stereocenters. The van der Waals surface area contributed by atoms with E-state index in [4.69, 9.17) is 4.42 Å². The molecular formula is C19H22N6O2. The SMILES string of the molecule is O=C(NCc1coc(-c2ccccc2)n1)c1cn(CC2CCCNC2)nn1. The Morgan fingerprint density at radius 1 is 1.33 bits per heavy atom. The Bertz CT molecular complexity index is 883. The van der Waals surface area contributed by atoms with Crippen molar-refractivity contribution in [3.63, 3.8) is 0 Å². The van der Waals surface area contributed by atoms with Gasteiger partial charge in [-0.15, -0.1) is 5.10 Å². The molecule has 1 amide bonds. The number of oxazole rings is 1. The topological polar surface area (TPSA) is 97.9 Å². The van der Waals surface area contributed by atoms with E-state index in [9.17, 15) is 4.79 Å². The highest BCUT2D eigenvalue weighted by atomic mass is 16.3. The van der Waals surface area contributed by atoms with Gasteiger partial charge in [-0.3, -0.25) is 9.48 Å². The number of benzene rings is 1. The van der Waals surface area contributed by atoms with Crippen LogP contribution < -0.4 is 10.6 Å². The zero-order chi connectivity index (χ0) is 18.5. The van der Waals surface area contributed by atoms with Crippen LogP contribution in [0.5, 0.6) is 0 Å². The van der Waals surface area contributed by atoms with Gasteiger partial charge in [-0.2, -0.15) is 0 Å². The van der Waals surface area contributed by atoms with E-state index in [-0.39, 0.29) is 12.5 Å². The lowest BCUT2D eigenvalue weighted by Crippen LogP contribution is -2.32. The van der Waals surface area contributed by atoms with Crippen LogP contribution in [-0.2, 0) is 13.1 Å². The van der Waals surface area contributed by atoms with Gasteiger partial charge in [-0.1, -0.05) is 23.4 Å². The Hall–Kier alpha value is -3.00. The molecule has 4 rings (SSSR count). The maximum Gasteiger partial charge on any atom is 0.273 e. The van der Waals surface area contributed by atoms with Gasteiger partial charge in [0.2, 0.25) is 5.89 Å². The fourth-order valence-corrected chi connectivity index (χ4v) is 3.20. The molecule has 1 atom stereocenters. The van der Waals surface area contributed by atoms with Crippen LogP contribution >= 0.6 is 0 Å². The van der Waals surface area contributed by atoms with Crippen LogP contribution in [0.4, 0.5) is 0 Å². The van der Waals surface area contributed by atoms with Crippen LogP contribution in [0.1, 0.15) is 29.0 Å². The monoisotopic (exact) mass is 366 g/mol. The van der Waals surface area contributed by atoms with Crippen molar-refractivity contribution in [2.24, 2.45) is 5.92 Å². The van der Waals surface area contributed by atoms with Crippen LogP contribution in [-0.4, -0.2) is 39.0 Å². The minimum Gasteiger partial charge on any atom is -0.444 e. The maximum atomic E-state index is 12.3. The number of amides is 1. The van der Waals surface area contributed by atoms with E-state index >= 15 is 0 Å². The van der Waals surface area contributed by atoms with E-state index in [0.29, 0.717) is 23.2 Å². The molecule has 3 aromatic rings. The zero-order valence-electron chi connectivity index (χ0n) is 15.0. The van der Waals surface area contributed by atoms with Crippen molar-refractivity contribution in [1.82, 2.24) is 30.6 Å². The molecule has 0 spiro atoms. The van der Waals surface area contributed by atoms with Gasteiger partial charge in [0, 0.05) is 12.1 Å². The summed E-state index contributed by atoms with van der Waals surface area (Å²) >= 11 is 0. The molecule has 1 aromatic carbocycles. The molecule has 2 N–H and O–H groups in total. The van der Waals surface area contributed by atoms with Gasteiger partial charge in [-0.05, 0) is 44.0 Å². The number of carbonyl (C=O) groups excluding carboxylic acids is 1. The van der Waals surface area contributed by atoms with E-state index < -0.39 is 0 Å². The summed E-state index contributed by atoms with van der Waals surface area (Å²) in [6.07, 6.45) is 5.59. The van der Waals surface area contributed by atoms with Gasteiger partial charge in [0.1, 0.15) is 6.26 Å². The van der Waals surface area contributed by atoms with E-state index in [2.05, 4.69) is 25.9 Å². The molecule has 1 saturated heterocycles. The standard InChI is InChI=1S/C19H22N6O2/c26-18(17-12-25(24-23-17)11-14-5-4-8-20-9-14)21-10-16-13-27-19(22-16)15-6-2-1-3-7-15/h1-3,6-7,12-14,20H,4-5,8-11H2,(H,21,26). The number of hydrogen-bond donors (Lipinski definition) is 2. The Morgan fingerprint density at radius 2 is 2.22 bits per heavy atom. The number of nitrogens with zero attached hydrogens (tertiary/aromatic N) is 4. The molecule has 0 saturated carbocycles. The number of carbonyl (C=O) groups is 1. The number of hydrogen-bond acceptors (Lipinski definition) is 6. The summed E-state index contributed by atoms with van der Waals surface area (Å²) in [4.78, 5) is 16.7. The summed E-state index contributed by atoms with van der Waals surface area (Å²) in [7, 11) is 0. The lowest BCUT2D eigenvalue weighted by atomic mass is 10.00. The molecule has 0 aliphatic carbocycles.